The Bertz CT molecular complexity index is 474. The Morgan fingerprint density at radius 2 is 2.43 bits per heavy atom. The molecule has 0 saturated heterocycles. The van der Waals surface area contributed by atoms with E-state index < -0.39 is 0 Å². The molecule has 2 heterocycles. The summed E-state index contributed by atoms with van der Waals surface area (Å²) in [6, 6.07) is 1.76. The first-order chi connectivity index (χ1) is 6.77. The fourth-order valence-corrected chi connectivity index (χ4v) is 2.28. The number of fused-ring (bicyclic) bond motifs is 1. The van der Waals surface area contributed by atoms with Gasteiger partial charge in [-0.15, -0.1) is 3.89 Å². The number of halogens is 2. The van der Waals surface area contributed by atoms with Crippen LogP contribution in [0.5, 0.6) is 5.88 Å². The van der Waals surface area contributed by atoms with Gasteiger partial charge in [0, 0.05) is 12.4 Å². The molecule has 2 rings (SSSR count). The summed E-state index contributed by atoms with van der Waals surface area (Å²) in [6.45, 7) is 0. The number of methoxy groups -OCH3 is 1. The lowest BCUT2D eigenvalue weighted by Crippen LogP contribution is -1.89. The molecule has 0 aromatic carbocycles. The van der Waals surface area contributed by atoms with Crippen LogP contribution in [0.25, 0.3) is 10.9 Å². The van der Waals surface area contributed by atoms with Crippen LogP contribution in [0.2, 0.25) is 0 Å². The average Bonchev–Trinajstić information content (AvgIpc) is 2.63. The number of rotatable bonds is 2. The molecule has 0 atom stereocenters. The predicted molar refractivity (Wildman–Crippen MR) is 58.1 cm³/mol. The monoisotopic (exact) mass is 276 g/mol. The van der Waals surface area contributed by atoms with E-state index in [1.165, 1.54) is 11.1 Å². The smallest absolute Gasteiger partial charge is 0.222 e. The number of pyridine rings is 1. The van der Waals surface area contributed by atoms with E-state index in [9.17, 15) is 3.89 Å². The van der Waals surface area contributed by atoms with Gasteiger partial charge in [0.1, 0.15) is 0 Å². The zero-order valence-corrected chi connectivity index (χ0v) is 9.60. The molecule has 0 aliphatic heterocycles. The summed E-state index contributed by atoms with van der Waals surface area (Å²) in [5, 5.41) is 0.784. The van der Waals surface area contributed by atoms with Crippen LogP contribution in [0.3, 0.4) is 0 Å². The van der Waals surface area contributed by atoms with Gasteiger partial charge in [-0.1, -0.05) is 0 Å². The van der Waals surface area contributed by atoms with Crippen LogP contribution in [0.4, 0.5) is 3.89 Å². The van der Waals surface area contributed by atoms with Crippen LogP contribution in [0.1, 0.15) is 0 Å². The molecule has 0 unspecified atom stereocenters. The molecule has 0 spiro atoms. The maximum atomic E-state index is 12.5. The zero-order valence-electron chi connectivity index (χ0n) is 7.20. The van der Waals surface area contributed by atoms with Crippen molar-refractivity contribution in [2.24, 2.45) is 0 Å². The van der Waals surface area contributed by atoms with Gasteiger partial charge in [-0.25, -0.2) is 4.98 Å². The van der Waals surface area contributed by atoms with Gasteiger partial charge in [-0.3, -0.25) is 3.97 Å². The van der Waals surface area contributed by atoms with E-state index in [-0.39, 0.29) is 12.3 Å². The Kier molecular flexibility index (Phi) is 2.64. The van der Waals surface area contributed by atoms with E-state index >= 15 is 0 Å². The molecule has 0 radical (unpaired) electrons. The Balaban J connectivity index is 2.80. The number of nitrogens with zero attached hydrogens (tertiary/aromatic N) is 2. The van der Waals surface area contributed by atoms with Crippen LogP contribution >= 0.6 is 28.3 Å². The Labute approximate surface area is 92.8 Å². The van der Waals surface area contributed by atoms with Gasteiger partial charge in [0.05, 0.1) is 22.5 Å². The average molecular weight is 277 g/mol. The summed E-state index contributed by atoms with van der Waals surface area (Å²) in [4.78, 5) is 4.06. The minimum Gasteiger partial charge on any atom is -0.481 e. The molecule has 14 heavy (non-hydrogen) atoms. The molecule has 2 aromatic heterocycles. The van der Waals surface area contributed by atoms with Crippen LogP contribution in [0.15, 0.2) is 22.9 Å². The van der Waals surface area contributed by atoms with Gasteiger partial charge >= 0.3 is 0 Å². The largest absolute Gasteiger partial charge is 0.481 e. The van der Waals surface area contributed by atoms with Gasteiger partial charge in [0.2, 0.25) is 5.88 Å². The van der Waals surface area contributed by atoms with E-state index in [1.54, 1.807) is 18.5 Å². The molecule has 0 fully saturated rings. The molecule has 6 heteroatoms. The topological polar surface area (TPSA) is 27.1 Å². The van der Waals surface area contributed by atoms with Crippen LogP contribution in [-0.4, -0.2) is 16.1 Å². The highest BCUT2D eigenvalue weighted by molar-refractivity contribution is 9.10. The zero-order chi connectivity index (χ0) is 10.1. The second kappa shape index (κ2) is 3.78. The van der Waals surface area contributed by atoms with E-state index in [0.29, 0.717) is 5.88 Å². The van der Waals surface area contributed by atoms with Crippen molar-refractivity contribution in [2.75, 3.05) is 7.11 Å². The lowest BCUT2D eigenvalue weighted by Gasteiger charge is -2.03. The fourth-order valence-electron chi connectivity index (χ4n) is 1.29. The summed E-state index contributed by atoms with van der Waals surface area (Å²) >= 11 is 3.45. The quantitative estimate of drug-likeness (QED) is 0.843. The summed E-state index contributed by atoms with van der Waals surface area (Å²) in [7, 11) is 1.54. The molecule has 0 N–H and O–H groups in total. The van der Waals surface area contributed by atoms with Gasteiger partial charge < -0.3 is 4.74 Å². The number of hydrogen-bond acceptors (Lipinski definition) is 3. The summed E-state index contributed by atoms with van der Waals surface area (Å²) in [5.41, 5.74) is 0.726. The van der Waals surface area contributed by atoms with E-state index in [2.05, 4.69) is 20.9 Å². The van der Waals surface area contributed by atoms with Gasteiger partial charge in [-0.2, -0.15) is 0 Å². The van der Waals surface area contributed by atoms with Gasteiger partial charge in [0.25, 0.3) is 0 Å². The minimum atomic E-state index is 0.142. The summed E-state index contributed by atoms with van der Waals surface area (Å²) in [6.07, 6.45) is 3.22. The molecule has 2 aromatic rings. The first kappa shape index (κ1) is 9.79. The maximum Gasteiger partial charge on any atom is 0.222 e. The van der Waals surface area contributed by atoms with Gasteiger partial charge in [0.15, 0.2) is 12.3 Å². The number of aromatic nitrogens is 2. The van der Waals surface area contributed by atoms with Crippen molar-refractivity contribution in [1.29, 1.82) is 0 Å². The van der Waals surface area contributed by atoms with E-state index in [4.69, 9.17) is 4.74 Å². The Hall–Kier alpha value is -0.750. The second-order valence-electron chi connectivity index (χ2n) is 2.59. The van der Waals surface area contributed by atoms with E-state index in [1.807, 2.05) is 0 Å². The van der Waals surface area contributed by atoms with Crippen molar-refractivity contribution >= 4 is 39.2 Å². The van der Waals surface area contributed by atoms with Crippen molar-refractivity contribution < 1.29 is 8.62 Å². The van der Waals surface area contributed by atoms with Gasteiger partial charge in [-0.05, 0) is 22.0 Å². The third-order valence-electron chi connectivity index (χ3n) is 1.87. The highest BCUT2D eigenvalue weighted by Gasteiger charge is 2.11. The summed E-state index contributed by atoms with van der Waals surface area (Å²) in [5.74, 6) is 0.496. The molecule has 0 bridgehead atoms. The lowest BCUT2D eigenvalue weighted by molar-refractivity contribution is 0.403. The highest BCUT2D eigenvalue weighted by Crippen LogP contribution is 2.32. The third kappa shape index (κ3) is 1.38. The SMILES string of the molecule is COc1ncc(Br)c2c1ccn2SF. The van der Waals surface area contributed by atoms with Crippen LogP contribution in [-0.2, 0) is 0 Å². The number of ether oxygens (including phenoxy) is 1. The first-order valence-electron chi connectivity index (χ1n) is 3.76. The standard InChI is InChI=1S/C8H6BrFN2OS/c1-13-8-5-2-3-12(14-10)7(5)6(9)4-11-8/h2-4H,1H3. The first-order valence-corrected chi connectivity index (χ1v) is 5.23. The maximum absolute atomic E-state index is 12.5. The molecule has 0 amide bonds. The van der Waals surface area contributed by atoms with Crippen LogP contribution in [0, 0.1) is 0 Å². The Morgan fingerprint density at radius 1 is 1.64 bits per heavy atom. The lowest BCUT2D eigenvalue weighted by atomic mass is 10.3. The minimum absolute atomic E-state index is 0.142. The molecular weight excluding hydrogens is 271 g/mol. The highest BCUT2D eigenvalue weighted by atomic mass is 79.9. The van der Waals surface area contributed by atoms with Crippen molar-refractivity contribution in [3.63, 3.8) is 0 Å². The second-order valence-corrected chi connectivity index (χ2v) is 3.97. The third-order valence-corrected chi connectivity index (χ3v) is 2.90. The van der Waals surface area contributed by atoms with Crippen molar-refractivity contribution in [3.8, 4) is 5.88 Å². The Morgan fingerprint density at radius 3 is 3.07 bits per heavy atom. The molecule has 0 aliphatic rings. The summed E-state index contributed by atoms with van der Waals surface area (Å²) < 4.78 is 19.7. The fraction of sp³-hybridized carbons (Fsp3) is 0.125. The van der Waals surface area contributed by atoms with Crippen molar-refractivity contribution in [1.82, 2.24) is 8.96 Å². The molecule has 0 aliphatic carbocycles. The molecule has 74 valence electrons. The predicted octanol–water partition coefficient (Wildman–Crippen LogP) is 3.19. The molecule has 3 nitrogen and oxygen atoms in total. The van der Waals surface area contributed by atoms with Crippen molar-refractivity contribution in [3.05, 3.63) is 22.9 Å². The van der Waals surface area contributed by atoms with Crippen molar-refractivity contribution in [2.45, 2.75) is 0 Å². The molecular formula is C8H6BrFN2OS. The van der Waals surface area contributed by atoms with E-state index in [0.717, 1.165) is 15.4 Å². The number of hydrogen-bond donors (Lipinski definition) is 0. The normalized spacial score (nSPS) is 10.8. The van der Waals surface area contributed by atoms with Crippen LogP contribution < -0.4 is 4.74 Å². The molecule has 0 saturated carbocycles.